The van der Waals surface area contributed by atoms with Crippen molar-refractivity contribution in [3.63, 3.8) is 0 Å². The number of carbonyl (C=O) groups excluding carboxylic acids is 1. The summed E-state index contributed by atoms with van der Waals surface area (Å²) in [6.07, 6.45) is 3.82. The van der Waals surface area contributed by atoms with E-state index in [2.05, 4.69) is 34.2 Å². The summed E-state index contributed by atoms with van der Waals surface area (Å²) in [6, 6.07) is 15.3. The van der Waals surface area contributed by atoms with Gasteiger partial charge in [0.25, 0.3) is 5.91 Å². The van der Waals surface area contributed by atoms with E-state index in [1.165, 1.54) is 0 Å². The number of rotatable bonds is 12. The monoisotopic (exact) mass is 422 g/mol. The van der Waals surface area contributed by atoms with Crippen LogP contribution in [0.4, 0.5) is 0 Å². The maximum Gasteiger partial charge on any atom is 0.273 e. The zero-order valence-electron chi connectivity index (χ0n) is 18.2. The molecule has 1 amide bonds. The smallest absolute Gasteiger partial charge is 0.273 e. The van der Waals surface area contributed by atoms with Crippen molar-refractivity contribution in [1.29, 1.82) is 0 Å². The molecule has 0 fully saturated rings. The fourth-order valence-corrected chi connectivity index (χ4v) is 3.26. The first kappa shape index (κ1) is 22.5. The van der Waals surface area contributed by atoms with Crippen LogP contribution in [0.3, 0.4) is 0 Å². The Balaban J connectivity index is 1.51. The van der Waals surface area contributed by atoms with Crippen molar-refractivity contribution in [1.82, 2.24) is 20.4 Å². The summed E-state index contributed by atoms with van der Waals surface area (Å²) in [5, 5.41) is 6.81. The van der Waals surface area contributed by atoms with Gasteiger partial charge >= 0.3 is 0 Å². The lowest BCUT2D eigenvalue weighted by Crippen LogP contribution is -2.25. The number of aromatic nitrogens is 2. The highest BCUT2D eigenvalue weighted by atomic mass is 16.5. The average Bonchev–Trinajstić information content (AvgIpc) is 3.26. The number of hydrogen-bond donors (Lipinski definition) is 1. The number of nitrogens with zero attached hydrogens (tertiary/aromatic N) is 3. The van der Waals surface area contributed by atoms with Crippen LogP contribution in [0.5, 0.6) is 5.88 Å². The molecular weight excluding hydrogens is 392 g/mol. The molecule has 3 aromatic rings. The Labute approximate surface area is 183 Å². The largest absolute Gasteiger partial charge is 0.473 e. The van der Waals surface area contributed by atoms with Gasteiger partial charge in [-0.2, -0.15) is 0 Å². The van der Waals surface area contributed by atoms with Crippen LogP contribution in [0.2, 0.25) is 0 Å². The first-order valence-electron chi connectivity index (χ1n) is 10.8. The highest BCUT2D eigenvalue weighted by molar-refractivity contribution is 5.92. The van der Waals surface area contributed by atoms with Gasteiger partial charge in [0.1, 0.15) is 6.61 Å². The van der Waals surface area contributed by atoms with Crippen LogP contribution in [0.15, 0.2) is 59.3 Å². The van der Waals surface area contributed by atoms with E-state index in [4.69, 9.17) is 9.26 Å². The molecule has 1 N–H and O–H groups in total. The van der Waals surface area contributed by atoms with Crippen LogP contribution in [0.1, 0.15) is 54.1 Å². The summed E-state index contributed by atoms with van der Waals surface area (Å²) in [6.45, 7) is 7.74. The molecule has 0 aliphatic carbocycles. The van der Waals surface area contributed by atoms with Gasteiger partial charge in [-0.05, 0) is 43.1 Å². The van der Waals surface area contributed by atoms with Gasteiger partial charge in [-0.1, -0.05) is 49.3 Å². The van der Waals surface area contributed by atoms with Gasteiger partial charge in [0.15, 0.2) is 11.5 Å². The normalized spacial score (nSPS) is 10.9. The fourth-order valence-electron chi connectivity index (χ4n) is 3.26. The number of benzene rings is 1. The second-order valence-electron chi connectivity index (χ2n) is 7.41. The molecule has 0 atom stereocenters. The van der Waals surface area contributed by atoms with Crippen molar-refractivity contribution in [3.8, 4) is 5.88 Å². The van der Waals surface area contributed by atoms with Crippen molar-refractivity contribution < 1.29 is 14.1 Å². The van der Waals surface area contributed by atoms with Crippen LogP contribution in [0, 0.1) is 0 Å². The summed E-state index contributed by atoms with van der Waals surface area (Å²) >= 11 is 0. The van der Waals surface area contributed by atoms with E-state index in [-0.39, 0.29) is 11.6 Å². The van der Waals surface area contributed by atoms with Gasteiger partial charge in [-0.3, -0.25) is 9.69 Å². The lowest BCUT2D eigenvalue weighted by atomic mass is 10.2. The number of carbonyl (C=O) groups is 1. The minimum Gasteiger partial charge on any atom is -0.473 e. The molecule has 31 heavy (non-hydrogen) atoms. The molecule has 7 heteroatoms. The molecule has 3 rings (SSSR count). The van der Waals surface area contributed by atoms with Crippen LogP contribution in [-0.2, 0) is 19.7 Å². The average molecular weight is 423 g/mol. The van der Waals surface area contributed by atoms with E-state index in [1.54, 1.807) is 12.3 Å². The van der Waals surface area contributed by atoms with Crippen molar-refractivity contribution in [2.24, 2.45) is 0 Å². The molecule has 0 aliphatic rings. The third-order valence-electron chi connectivity index (χ3n) is 4.73. The third kappa shape index (κ3) is 7.22. The predicted molar refractivity (Wildman–Crippen MR) is 119 cm³/mol. The van der Waals surface area contributed by atoms with Crippen molar-refractivity contribution in [2.75, 3.05) is 13.1 Å². The van der Waals surface area contributed by atoms with E-state index in [1.807, 2.05) is 42.5 Å². The van der Waals surface area contributed by atoms with Crippen molar-refractivity contribution in [2.45, 2.75) is 46.4 Å². The summed E-state index contributed by atoms with van der Waals surface area (Å²) in [7, 11) is 0. The predicted octanol–water partition coefficient (Wildman–Crippen LogP) is 4.20. The number of nitrogens with one attached hydrogen (secondary N) is 1. The molecule has 2 heterocycles. The molecule has 2 aromatic heterocycles. The highest BCUT2D eigenvalue weighted by Gasteiger charge is 2.14. The Bertz CT molecular complexity index is 937. The van der Waals surface area contributed by atoms with Gasteiger partial charge in [-0.15, -0.1) is 0 Å². The Morgan fingerprint density at radius 1 is 1.06 bits per heavy atom. The fraction of sp³-hybridized carbons (Fsp3) is 0.375. The minimum atomic E-state index is -0.268. The first-order valence-corrected chi connectivity index (χ1v) is 10.8. The molecule has 0 saturated heterocycles. The van der Waals surface area contributed by atoms with E-state index in [0.717, 1.165) is 37.1 Å². The Morgan fingerprint density at radius 3 is 2.58 bits per heavy atom. The third-order valence-corrected chi connectivity index (χ3v) is 4.73. The maximum atomic E-state index is 12.5. The molecule has 0 bridgehead atoms. The van der Waals surface area contributed by atoms with Gasteiger partial charge in [0, 0.05) is 24.9 Å². The van der Waals surface area contributed by atoms with E-state index >= 15 is 0 Å². The Morgan fingerprint density at radius 2 is 1.84 bits per heavy atom. The molecule has 0 spiro atoms. The van der Waals surface area contributed by atoms with Crippen LogP contribution in [-0.4, -0.2) is 34.0 Å². The molecule has 0 radical (unpaired) electrons. The van der Waals surface area contributed by atoms with Crippen LogP contribution in [0.25, 0.3) is 0 Å². The maximum absolute atomic E-state index is 12.5. The summed E-state index contributed by atoms with van der Waals surface area (Å²) in [5.41, 5.74) is 2.26. The molecule has 0 unspecified atom stereocenters. The summed E-state index contributed by atoms with van der Waals surface area (Å²) in [5.74, 6) is 0.954. The first-order chi connectivity index (χ1) is 15.2. The van der Waals surface area contributed by atoms with E-state index < -0.39 is 0 Å². The second kappa shape index (κ2) is 11.9. The quantitative estimate of drug-likeness (QED) is 0.471. The molecular formula is C24H30N4O3. The molecule has 0 aliphatic heterocycles. The topological polar surface area (TPSA) is 80.5 Å². The SMILES string of the molecule is CCCN(CCC)Cc1cc(C(=O)NCc2ccnc(OCc3ccccc3)c2)no1. The number of amides is 1. The van der Waals surface area contributed by atoms with Gasteiger partial charge < -0.3 is 14.6 Å². The Kier molecular flexibility index (Phi) is 8.60. The Hall–Kier alpha value is -3.19. The van der Waals surface area contributed by atoms with E-state index in [0.29, 0.717) is 31.3 Å². The van der Waals surface area contributed by atoms with Crippen LogP contribution < -0.4 is 10.1 Å². The standard InChI is InChI=1S/C24H30N4O3/c1-3-12-28(13-4-2)17-21-15-22(27-31-21)24(29)26-16-20-10-11-25-23(14-20)30-18-19-8-6-5-7-9-19/h5-11,14-15H,3-4,12-13,16-18H2,1-2H3,(H,26,29). The van der Waals surface area contributed by atoms with Crippen molar-refractivity contribution in [3.05, 3.63) is 77.3 Å². The second-order valence-corrected chi connectivity index (χ2v) is 7.41. The van der Waals surface area contributed by atoms with Gasteiger partial charge in [0.2, 0.25) is 5.88 Å². The summed E-state index contributed by atoms with van der Waals surface area (Å²) < 4.78 is 11.1. The minimum absolute atomic E-state index is 0.268. The number of ether oxygens (including phenoxy) is 1. The van der Waals surface area contributed by atoms with Crippen molar-refractivity contribution >= 4 is 5.91 Å². The zero-order valence-corrected chi connectivity index (χ0v) is 18.2. The molecule has 1 aromatic carbocycles. The summed E-state index contributed by atoms with van der Waals surface area (Å²) in [4.78, 5) is 19.0. The van der Waals surface area contributed by atoms with Gasteiger partial charge in [-0.25, -0.2) is 4.98 Å². The van der Waals surface area contributed by atoms with Crippen LogP contribution >= 0.6 is 0 Å². The lowest BCUT2D eigenvalue weighted by Gasteiger charge is -2.18. The zero-order chi connectivity index (χ0) is 21.9. The lowest BCUT2D eigenvalue weighted by molar-refractivity contribution is 0.0941. The molecule has 164 valence electrons. The number of hydrogen-bond acceptors (Lipinski definition) is 6. The highest BCUT2D eigenvalue weighted by Crippen LogP contribution is 2.13. The number of pyridine rings is 1. The molecule has 0 saturated carbocycles. The molecule has 7 nitrogen and oxygen atoms in total. The van der Waals surface area contributed by atoms with Gasteiger partial charge in [0.05, 0.1) is 6.54 Å². The van der Waals surface area contributed by atoms with E-state index in [9.17, 15) is 4.79 Å².